The number of amides is 1. The first-order valence-electron chi connectivity index (χ1n) is 7.76. The van der Waals surface area contributed by atoms with E-state index < -0.39 is 6.10 Å². The molecule has 3 rings (SSSR count). The van der Waals surface area contributed by atoms with Crippen LogP contribution in [-0.4, -0.2) is 34.2 Å². The number of aliphatic hydroxyl groups is 1. The summed E-state index contributed by atoms with van der Waals surface area (Å²) >= 11 is 0. The molecule has 2 aromatic rings. The number of carbonyl (C=O) groups is 1. The topological polar surface area (TPSA) is 84.6 Å². The molecule has 1 aromatic heterocycles. The van der Waals surface area contributed by atoms with Crippen molar-refractivity contribution in [3.8, 4) is 5.75 Å². The summed E-state index contributed by atoms with van der Waals surface area (Å²) in [5.41, 5.74) is 0.532. The third-order valence-corrected chi connectivity index (χ3v) is 4.10. The van der Waals surface area contributed by atoms with Gasteiger partial charge < -0.3 is 19.6 Å². The molecule has 2 N–H and O–H groups in total. The molecule has 0 radical (unpaired) electrons. The summed E-state index contributed by atoms with van der Waals surface area (Å²) in [6, 6.07) is 9.02. The fourth-order valence-corrected chi connectivity index (χ4v) is 2.85. The maximum Gasteiger partial charge on any atom is 0.289 e. The average molecular weight is 316 g/mol. The highest BCUT2D eigenvalue weighted by Gasteiger charge is 2.35. The molecule has 0 bridgehead atoms. The Labute approximate surface area is 134 Å². The van der Waals surface area contributed by atoms with Crippen LogP contribution in [0.4, 0.5) is 0 Å². The third-order valence-electron chi connectivity index (χ3n) is 4.10. The minimum Gasteiger partial charge on any atom is -0.488 e. The van der Waals surface area contributed by atoms with Crippen molar-refractivity contribution in [2.45, 2.75) is 44.4 Å². The van der Waals surface area contributed by atoms with Crippen molar-refractivity contribution >= 4 is 5.91 Å². The minimum atomic E-state index is -0.767. The van der Waals surface area contributed by atoms with Crippen LogP contribution in [0, 0.1) is 6.92 Å². The van der Waals surface area contributed by atoms with Crippen LogP contribution >= 0.6 is 0 Å². The lowest BCUT2D eigenvalue weighted by Gasteiger charge is -2.35. The number of oxazole rings is 1. The van der Waals surface area contributed by atoms with Gasteiger partial charge in [0, 0.05) is 0 Å². The molecule has 6 nitrogen and oxygen atoms in total. The molecule has 1 fully saturated rings. The van der Waals surface area contributed by atoms with E-state index in [2.05, 4.69) is 10.3 Å². The lowest BCUT2D eigenvalue weighted by Crippen LogP contribution is -2.52. The largest absolute Gasteiger partial charge is 0.488 e. The second kappa shape index (κ2) is 6.83. The lowest BCUT2D eigenvalue weighted by molar-refractivity contribution is -0.0143. The number of hydrogen-bond donors (Lipinski definition) is 2. The first-order chi connectivity index (χ1) is 11.1. The Morgan fingerprint density at radius 1 is 1.35 bits per heavy atom. The molecule has 23 heavy (non-hydrogen) atoms. The second-order valence-electron chi connectivity index (χ2n) is 5.74. The highest BCUT2D eigenvalue weighted by Crippen LogP contribution is 2.24. The van der Waals surface area contributed by atoms with E-state index in [1.165, 1.54) is 6.39 Å². The number of aliphatic hydroxyl groups excluding tert-OH is 1. The molecule has 122 valence electrons. The van der Waals surface area contributed by atoms with Crippen LogP contribution in [0.25, 0.3) is 0 Å². The maximum atomic E-state index is 12.2. The van der Waals surface area contributed by atoms with Gasteiger partial charge in [-0.3, -0.25) is 4.79 Å². The third kappa shape index (κ3) is 3.53. The van der Waals surface area contributed by atoms with Crippen molar-refractivity contribution < 1.29 is 19.1 Å². The van der Waals surface area contributed by atoms with Gasteiger partial charge in [-0.2, -0.15) is 0 Å². The van der Waals surface area contributed by atoms with Gasteiger partial charge in [-0.1, -0.05) is 18.2 Å². The van der Waals surface area contributed by atoms with Gasteiger partial charge in [0.05, 0.1) is 11.7 Å². The molecule has 0 unspecified atom stereocenters. The van der Waals surface area contributed by atoms with Crippen LogP contribution in [0.5, 0.6) is 5.75 Å². The van der Waals surface area contributed by atoms with E-state index in [0.717, 1.165) is 18.6 Å². The van der Waals surface area contributed by atoms with Crippen molar-refractivity contribution in [1.29, 1.82) is 0 Å². The van der Waals surface area contributed by atoms with Crippen molar-refractivity contribution in [3.05, 3.63) is 48.2 Å². The zero-order valence-electron chi connectivity index (χ0n) is 12.9. The average Bonchev–Trinajstić information content (AvgIpc) is 2.98. The van der Waals surface area contributed by atoms with Gasteiger partial charge >= 0.3 is 0 Å². The SMILES string of the molecule is Cc1ncoc1C(=O)N[C@@H]1CCC[C@@H](Oc2ccccc2)[C@@H]1O. The van der Waals surface area contributed by atoms with Crippen molar-refractivity contribution in [2.24, 2.45) is 0 Å². The highest BCUT2D eigenvalue weighted by atomic mass is 16.5. The molecule has 1 saturated carbocycles. The normalized spacial score (nSPS) is 24.2. The van der Waals surface area contributed by atoms with Crippen molar-refractivity contribution in [1.82, 2.24) is 10.3 Å². The molecule has 0 saturated heterocycles. The number of ether oxygens (including phenoxy) is 1. The maximum absolute atomic E-state index is 12.2. The van der Waals surface area contributed by atoms with Crippen LogP contribution < -0.4 is 10.1 Å². The number of aromatic nitrogens is 1. The van der Waals surface area contributed by atoms with Crippen LogP contribution in [0.15, 0.2) is 41.1 Å². The summed E-state index contributed by atoms with van der Waals surface area (Å²) in [4.78, 5) is 16.1. The second-order valence-corrected chi connectivity index (χ2v) is 5.74. The number of benzene rings is 1. The predicted molar refractivity (Wildman–Crippen MR) is 83.2 cm³/mol. The summed E-state index contributed by atoms with van der Waals surface area (Å²) in [5, 5.41) is 13.3. The van der Waals surface area contributed by atoms with E-state index >= 15 is 0 Å². The van der Waals surface area contributed by atoms with Crippen LogP contribution in [0.3, 0.4) is 0 Å². The number of carbonyl (C=O) groups excluding carboxylic acids is 1. The van der Waals surface area contributed by atoms with Gasteiger partial charge in [-0.15, -0.1) is 0 Å². The molecular weight excluding hydrogens is 296 g/mol. The molecule has 0 spiro atoms. The van der Waals surface area contributed by atoms with Gasteiger partial charge in [-0.25, -0.2) is 4.98 Å². The van der Waals surface area contributed by atoms with E-state index in [1.807, 2.05) is 30.3 Å². The Kier molecular flexibility index (Phi) is 4.62. The predicted octanol–water partition coefficient (Wildman–Crippen LogP) is 2.07. The van der Waals surface area contributed by atoms with E-state index in [9.17, 15) is 9.90 Å². The minimum absolute atomic E-state index is 0.184. The first kappa shape index (κ1) is 15.6. The fraction of sp³-hybridized carbons (Fsp3) is 0.412. The number of nitrogens with one attached hydrogen (secondary N) is 1. The quantitative estimate of drug-likeness (QED) is 0.902. The first-order valence-corrected chi connectivity index (χ1v) is 7.76. The number of aryl methyl sites for hydroxylation is 1. The fourth-order valence-electron chi connectivity index (χ4n) is 2.85. The number of hydrogen-bond acceptors (Lipinski definition) is 5. The van der Waals surface area contributed by atoms with Gasteiger partial charge in [0.2, 0.25) is 5.76 Å². The van der Waals surface area contributed by atoms with Crippen molar-refractivity contribution in [3.63, 3.8) is 0 Å². The van der Waals surface area contributed by atoms with Crippen LogP contribution in [0.2, 0.25) is 0 Å². The van der Waals surface area contributed by atoms with E-state index in [-0.39, 0.29) is 23.8 Å². The number of nitrogens with zero attached hydrogens (tertiary/aromatic N) is 1. The molecule has 1 aliphatic rings. The Balaban J connectivity index is 1.64. The summed E-state index contributed by atoms with van der Waals surface area (Å²) in [6.07, 6.45) is 2.46. The molecule has 3 atom stereocenters. The molecule has 1 amide bonds. The molecular formula is C17H20N2O4. The highest BCUT2D eigenvalue weighted by molar-refractivity contribution is 5.92. The monoisotopic (exact) mass is 316 g/mol. The van der Waals surface area contributed by atoms with Gasteiger partial charge in [0.1, 0.15) is 18.0 Å². The van der Waals surface area contributed by atoms with Crippen LogP contribution in [-0.2, 0) is 0 Å². The van der Waals surface area contributed by atoms with Crippen molar-refractivity contribution in [2.75, 3.05) is 0 Å². The smallest absolute Gasteiger partial charge is 0.289 e. The van der Waals surface area contributed by atoms with Crippen LogP contribution in [0.1, 0.15) is 35.5 Å². The Morgan fingerprint density at radius 2 is 2.13 bits per heavy atom. The number of rotatable bonds is 4. The van der Waals surface area contributed by atoms with Gasteiger partial charge in [0.25, 0.3) is 5.91 Å². The molecule has 1 heterocycles. The Hall–Kier alpha value is -2.34. The summed E-state index contributed by atoms with van der Waals surface area (Å²) in [6.45, 7) is 1.71. The van der Waals surface area contributed by atoms with Gasteiger partial charge in [-0.05, 0) is 38.3 Å². The molecule has 6 heteroatoms. The van der Waals surface area contributed by atoms with E-state index in [0.29, 0.717) is 12.1 Å². The van der Waals surface area contributed by atoms with E-state index in [4.69, 9.17) is 9.15 Å². The molecule has 1 aliphatic carbocycles. The lowest BCUT2D eigenvalue weighted by atomic mass is 9.89. The molecule has 0 aliphatic heterocycles. The standard InChI is InChI=1S/C17H20N2O4/c1-11-16(22-10-18-11)17(21)19-13-8-5-9-14(15(13)20)23-12-6-3-2-4-7-12/h2-4,6-7,10,13-15,20H,5,8-9H2,1H3,(H,19,21)/t13-,14-,15-/m1/s1. The Morgan fingerprint density at radius 3 is 2.83 bits per heavy atom. The number of para-hydroxylation sites is 1. The summed E-state index contributed by atoms with van der Waals surface area (Å²) in [5.74, 6) is 0.544. The zero-order valence-corrected chi connectivity index (χ0v) is 12.9. The van der Waals surface area contributed by atoms with Gasteiger partial charge in [0.15, 0.2) is 6.39 Å². The summed E-state index contributed by atoms with van der Waals surface area (Å²) < 4.78 is 10.9. The zero-order chi connectivity index (χ0) is 16.2. The Bertz CT molecular complexity index is 656. The molecule has 1 aromatic carbocycles. The summed E-state index contributed by atoms with van der Waals surface area (Å²) in [7, 11) is 0. The van der Waals surface area contributed by atoms with E-state index in [1.54, 1.807) is 6.92 Å².